The Morgan fingerprint density at radius 1 is 1.13 bits per heavy atom. The van der Waals surface area contributed by atoms with Crippen LogP contribution in [0.1, 0.15) is 42.9 Å². The molecule has 0 radical (unpaired) electrons. The van der Waals surface area contributed by atoms with Crippen LogP contribution in [0.2, 0.25) is 0 Å². The Bertz CT molecular complexity index is 1230. The highest BCUT2D eigenvalue weighted by Gasteiger charge is 2.37. The maximum atomic E-state index is 12.3. The van der Waals surface area contributed by atoms with E-state index >= 15 is 0 Å². The van der Waals surface area contributed by atoms with E-state index in [1.807, 2.05) is 19.9 Å². The van der Waals surface area contributed by atoms with E-state index in [1.54, 1.807) is 22.7 Å². The number of aryl methyl sites for hydroxylation is 2. The normalized spacial score (nSPS) is 15.6. The zero-order valence-electron chi connectivity index (χ0n) is 17.6. The van der Waals surface area contributed by atoms with Crippen molar-refractivity contribution in [2.75, 3.05) is 7.11 Å². The van der Waals surface area contributed by atoms with Crippen LogP contribution in [-0.2, 0) is 14.3 Å². The Labute approximate surface area is 177 Å². The zero-order valence-corrected chi connectivity index (χ0v) is 17.6. The fourth-order valence-corrected chi connectivity index (χ4v) is 3.21. The van der Waals surface area contributed by atoms with Crippen molar-refractivity contribution in [3.63, 3.8) is 0 Å². The van der Waals surface area contributed by atoms with Gasteiger partial charge in [0.15, 0.2) is 0 Å². The highest BCUT2D eigenvalue weighted by atomic mass is 16.6. The second-order valence-corrected chi connectivity index (χ2v) is 6.92. The van der Waals surface area contributed by atoms with E-state index in [9.17, 15) is 9.59 Å². The molecule has 11 nitrogen and oxygen atoms in total. The molecule has 0 aliphatic carbocycles. The number of nitrogens with zero attached hydrogens (tertiary/aromatic N) is 6. The molecule has 0 saturated heterocycles. The van der Waals surface area contributed by atoms with E-state index < -0.39 is 12.2 Å². The molecule has 0 saturated carbocycles. The summed E-state index contributed by atoms with van der Waals surface area (Å²) in [4.78, 5) is 32.6. The number of hydrogen-bond acceptors (Lipinski definition) is 9. The van der Waals surface area contributed by atoms with Gasteiger partial charge >= 0.3 is 5.97 Å². The summed E-state index contributed by atoms with van der Waals surface area (Å²) in [6.07, 6.45) is -1.00. The van der Waals surface area contributed by atoms with Crippen molar-refractivity contribution >= 4 is 23.6 Å². The van der Waals surface area contributed by atoms with Gasteiger partial charge in [0.25, 0.3) is 11.7 Å². The molecule has 0 bridgehead atoms. The van der Waals surface area contributed by atoms with Crippen molar-refractivity contribution in [3.05, 3.63) is 47.0 Å². The van der Waals surface area contributed by atoms with Crippen LogP contribution < -0.4 is 9.47 Å². The minimum absolute atomic E-state index is 0.0411. The maximum Gasteiger partial charge on any atom is 0.308 e. The van der Waals surface area contributed by atoms with E-state index in [1.165, 1.54) is 21.0 Å². The van der Waals surface area contributed by atoms with Gasteiger partial charge in [-0.05, 0) is 38.1 Å². The van der Waals surface area contributed by atoms with Gasteiger partial charge in [0.05, 0.1) is 12.7 Å². The number of hydrogen-bond donors (Lipinski definition) is 0. The third-order valence-electron chi connectivity index (χ3n) is 4.51. The van der Waals surface area contributed by atoms with Gasteiger partial charge < -0.3 is 14.2 Å². The first kappa shape index (κ1) is 20.3. The lowest BCUT2D eigenvalue weighted by Gasteiger charge is -2.21. The summed E-state index contributed by atoms with van der Waals surface area (Å²) in [5.41, 5.74) is 2.02. The topological polar surface area (TPSA) is 121 Å². The van der Waals surface area contributed by atoms with Crippen molar-refractivity contribution in [1.29, 1.82) is 0 Å². The standard InChI is InChI=1S/C20H20N6O5/c1-10-8-11(2)25-20(21-10)22-17(23-25)18-24-26(12(3)27)19(31-18)15-9-14(29-5)6-7-16(15)30-13(4)28/h6-9,19H,1-5H3/t19-/m1/s1. The molecule has 0 fully saturated rings. The minimum atomic E-state index is -1.00. The molecule has 1 atom stereocenters. The summed E-state index contributed by atoms with van der Waals surface area (Å²) in [6.45, 7) is 6.37. The number of ether oxygens (including phenoxy) is 3. The van der Waals surface area contributed by atoms with Gasteiger partial charge in [0, 0.05) is 25.2 Å². The molecule has 4 rings (SSSR count). The molecule has 0 N–H and O–H groups in total. The lowest BCUT2D eigenvalue weighted by molar-refractivity contribution is -0.135. The molecule has 1 aliphatic heterocycles. The predicted octanol–water partition coefficient (Wildman–Crippen LogP) is 1.91. The van der Waals surface area contributed by atoms with Crippen LogP contribution in [0.4, 0.5) is 0 Å². The fourth-order valence-electron chi connectivity index (χ4n) is 3.21. The van der Waals surface area contributed by atoms with Crippen molar-refractivity contribution in [2.45, 2.75) is 33.9 Å². The average molecular weight is 424 g/mol. The monoisotopic (exact) mass is 424 g/mol. The number of rotatable bonds is 4. The summed E-state index contributed by atoms with van der Waals surface area (Å²) in [5, 5.41) is 9.80. The lowest BCUT2D eigenvalue weighted by Crippen LogP contribution is -2.26. The Balaban J connectivity index is 1.77. The molecule has 3 aromatic rings. The summed E-state index contributed by atoms with van der Waals surface area (Å²) in [7, 11) is 1.50. The highest BCUT2D eigenvalue weighted by molar-refractivity contribution is 5.93. The van der Waals surface area contributed by atoms with Crippen molar-refractivity contribution < 1.29 is 23.8 Å². The van der Waals surface area contributed by atoms with E-state index in [2.05, 4.69) is 20.2 Å². The molecule has 2 aromatic heterocycles. The number of hydrazone groups is 1. The second kappa shape index (κ2) is 7.67. The second-order valence-electron chi connectivity index (χ2n) is 6.92. The highest BCUT2D eigenvalue weighted by Crippen LogP contribution is 2.37. The summed E-state index contributed by atoms with van der Waals surface area (Å²) in [5.74, 6) is 0.416. The van der Waals surface area contributed by atoms with Gasteiger partial charge in [-0.3, -0.25) is 9.59 Å². The number of amides is 1. The van der Waals surface area contributed by atoms with Crippen LogP contribution in [0.25, 0.3) is 5.78 Å². The fraction of sp³-hybridized carbons (Fsp3) is 0.300. The van der Waals surface area contributed by atoms with E-state index in [-0.39, 0.29) is 23.4 Å². The Hall–Kier alpha value is -4.02. The Morgan fingerprint density at radius 3 is 2.58 bits per heavy atom. The van der Waals surface area contributed by atoms with E-state index in [0.29, 0.717) is 17.1 Å². The SMILES string of the molecule is COc1ccc(OC(C)=O)c([C@H]2OC(c3nc4nc(C)cc(C)n4n3)=NN2C(C)=O)c1. The van der Waals surface area contributed by atoms with Crippen molar-refractivity contribution in [2.24, 2.45) is 5.10 Å². The molecular weight excluding hydrogens is 404 g/mol. The lowest BCUT2D eigenvalue weighted by atomic mass is 10.1. The summed E-state index contributed by atoms with van der Waals surface area (Å²) in [6, 6.07) is 6.68. The number of fused-ring (bicyclic) bond motifs is 1. The van der Waals surface area contributed by atoms with Crippen LogP contribution in [0.15, 0.2) is 29.4 Å². The first-order valence-electron chi connectivity index (χ1n) is 9.39. The average Bonchev–Trinajstić information content (AvgIpc) is 3.32. The number of benzene rings is 1. The molecule has 1 amide bonds. The molecular formula is C20H20N6O5. The summed E-state index contributed by atoms with van der Waals surface area (Å²) < 4.78 is 18.1. The predicted molar refractivity (Wildman–Crippen MR) is 107 cm³/mol. The molecule has 11 heteroatoms. The third-order valence-corrected chi connectivity index (χ3v) is 4.51. The minimum Gasteiger partial charge on any atom is -0.497 e. The third kappa shape index (κ3) is 3.77. The van der Waals surface area contributed by atoms with Gasteiger partial charge in [0.2, 0.25) is 18.0 Å². The quantitative estimate of drug-likeness (QED) is 0.460. The number of methoxy groups -OCH3 is 1. The smallest absolute Gasteiger partial charge is 0.308 e. The van der Waals surface area contributed by atoms with Crippen molar-refractivity contribution in [1.82, 2.24) is 24.6 Å². The van der Waals surface area contributed by atoms with Gasteiger partial charge in [-0.25, -0.2) is 9.50 Å². The molecule has 3 heterocycles. The molecule has 0 unspecified atom stereocenters. The van der Waals surface area contributed by atoms with Crippen LogP contribution in [0, 0.1) is 13.8 Å². The number of esters is 1. The van der Waals surface area contributed by atoms with Gasteiger partial charge in [-0.2, -0.15) is 9.99 Å². The van der Waals surface area contributed by atoms with E-state index in [0.717, 1.165) is 16.4 Å². The zero-order chi connectivity index (χ0) is 22.3. The molecule has 1 aliphatic rings. The molecule has 160 valence electrons. The maximum absolute atomic E-state index is 12.3. The number of aromatic nitrogens is 4. The molecule has 0 spiro atoms. The molecule has 1 aromatic carbocycles. The van der Waals surface area contributed by atoms with Crippen LogP contribution in [0.3, 0.4) is 0 Å². The first-order chi connectivity index (χ1) is 14.8. The van der Waals surface area contributed by atoms with Crippen LogP contribution >= 0.6 is 0 Å². The number of carbonyl (C=O) groups is 2. The molecule has 31 heavy (non-hydrogen) atoms. The number of carbonyl (C=O) groups excluding carboxylic acids is 2. The Morgan fingerprint density at radius 2 is 1.90 bits per heavy atom. The van der Waals surface area contributed by atoms with Gasteiger partial charge in [-0.15, -0.1) is 10.2 Å². The van der Waals surface area contributed by atoms with Crippen LogP contribution in [0.5, 0.6) is 11.5 Å². The Kier molecular flexibility index (Phi) is 5.01. The van der Waals surface area contributed by atoms with Crippen molar-refractivity contribution in [3.8, 4) is 11.5 Å². The van der Waals surface area contributed by atoms with E-state index in [4.69, 9.17) is 14.2 Å². The van der Waals surface area contributed by atoms with Gasteiger partial charge in [0.1, 0.15) is 11.5 Å². The first-order valence-corrected chi connectivity index (χ1v) is 9.39. The summed E-state index contributed by atoms with van der Waals surface area (Å²) >= 11 is 0. The largest absolute Gasteiger partial charge is 0.497 e. The van der Waals surface area contributed by atoms with Crippen LogP contribution in [-0.4, -0.2) is 49.5 Å². The van der Waals surface area contributed by atoms with Gasteiger partial charge in [-0.1, -0.05) is 0 Å².